The number of aryl methyl sites for hydroxylation is 1. The Morgan fingerprint density at radius 2 is 1.91 bits per heavy atom. The number of amides is 2. The number of hydrogen-bond donors (Lipinski definition) is 0. The number of carbonyl (C=O) groups is 2. The Balaban J connectivity index is 1.61. The summed E-state index contributed by atoms with van der Waals surface area (Å²) < 4.78 is 7.47. The molecule has 2 saturated heterocycles. The van der Waals surface area contributed by atoms with Crippen molar-refractivity contribution in [1.29, 1.82) is 5.26 Å². The van der Waals surface area contributed by atoms with E-state index in [1.807, 2.05) is 24.8 Å². The lowest BCUT2D eigenvalue weighted by molar-refractivity contribution is -0.136. The number of methoxy groups -OCH3 is 1. The van der Waals surface area contributed by atoms with Gasteiger partial charge in [0.15, 0.2) is 0 Å². The molecule has 0 aromatic carbocycles. The minimum Gasteiger partial charge on any atom is -0.383 e. The second-order valence-electron chi connectivity index (χ2n) is 9.67. The highest BCUT2D eigenvalue weighted by molar-refractivity contribution is 6.01. The molecule has 34 heavy (non-hydrogen) atoms. The molecular formula is C26H39N5O3. The number of nitrogens with zero attached hydrogens (tertiary/aromatic N) is 5. The van der Waals surface area contributed by atoms with Gasteiger partial charge in [-0.15, -0.1) is 0 Å². The standard InChI is InChI=1S/C26H39N5O3/c1-19-8-6-7-9-30(19)25(32)17-28-10-12-29(13-11-28)26(33)24(16-27)15-23-14-20(2)31(22(23)4)21(3)18-34-5/h14-15,19,21H,6-13,17-18H2,1-5H3/b24-15-. The number of ether oxygens (including phenoxy) is 1. The van der Waals surface area contributed by atoms with Gasteiger partial charge in [0.25, 0.3) is 5.91 Å². The Bertz CT molecular complexity index is 952. The lowest BCUT2D eigenvalue weighted by Gasteiger charge is -2.38. The molecule has 0 saturated carbocycles. The third kappa shape index (κ3) is 5.89. The predicted molar refractivity (Wildman–Crippen MR) is 132 cm³/mol. The van der Waals surface area contributed by atoms with Crippen LogP contribution in [0.3, 0.4) is 0 Å². The quantitative estimate of drug-likeness (QED) is 0.453. The van der Waals surface area contributed by atoms with Gasteiger partial charge < -0.3 is 19.1 Å². The first kappa shape index (κ1) is 26.0. The number of likely N-dealkylation sites (tertiary alicyclic amines) is 1. The van der Waals surface area contributed by atoms with Crippen molar-refractivity contribution >= 4 is 17.9 Å². The van der Waals surface area contributed by atoms with Crippen LogP contribution < -0.4 is 0 Å². The van der Waals surface area contributed by atoms with E-state index in [1.54, 1.807) is 18.1 Å². The molecule has 2 aliphatic rings. The molecule has 0 aliphatic carbocycles. The summed E-state index contributed by atoms with van der Waals surface area (Å²) >= 11 is 0. The van der Waals surface area contributed by atoms with Crippen molar-refractivity contribution in [2.24, 2.45) is 0 Å². The molecule has 1 aromatic heterocycles. The third-order valence-corrected chi connectivity index (χ3v) is 7.16. The van der Waals surface area contributed by atoms with Crippen LogP contribution in [0.1, 0.15) is 56.1 Å². The molecular weight excluding hydrogens is 430 g/mol. The predicted octanol–water partition coefficient (Wildman–Crippen LogP) is 2.76. The Morgan fingerprint density at radius 3 is 2.53 bits per heavy atom. The molecule has 0 radical (unpaired) electrons. The summed E-state index contributed by atoms with van der Waals surface area (Å²) in [7, 11) is 1.68. The number of carbonyl (C=O) groups excluding carboxylic acids is 2. The van der Waals surface area contributed by atoms with Crippen molar-refractivity contribution in [2.75, 3.05) is 53.0 Å². The zero-order valence-electron chi connectivity index (χ0n) is 21.3. The molecule has 8 nitrogen and oxygen atoms in total. The van der Waals surface area contributed by atoms with Crippen LogP contribution in [0.25, 0.3) is 6.08 Å². The van der Waals surface area contributed by atoms with Gasteiger partial charge in [-0.05, 0) is 64.7 Å². The lowest BCUT2D eigenvalue weighted by atomic mass is 10.0. The van der Waals surface area contributed by atoms with Crippen molar-refractivity contribution in [3.8, 4) is 6.07 Å². The van der Waals surface area contributed by atoms with Gasteiger partial charge in [0.05, 0.1) is 19.2 Å². The molecule has 2 fully saturated rings. The summed E-state index contributed by atoms with van der Waals surface area (Å²) in [5.74, 6) is -0.0597. The molecule has 2 amide bonds. The van der Waals surface area contributed by atoms with Crippen LogP contribution in [0.5, 0.6) is 0 Å². The van der Waals surface area contributed by atoms with Crippen molar-refractivity contribution in [1.82, 2.24) is 19.3 Å². The number of rotatable bonds is 7. The zero-order valence-corrected chi connectivity index (χ0v) is 21.3. The van der Waals surface area contributed by atoms with Crippen molar-refractivity contribution < 1.29 is 14.3 Å². The Hall–Kier alpha value is -2.63. The summed E-state index contributed by atoms with van der Waals surface area (Å²) in [6.07, 6.45) is 5.05. The third-order valence-electron chi connectivity index (χ3n) is 7.16. The van der Waals surface area contributed by atoms with Gasteiger partial charge in [0, 0.05) is 57.3 Å². The fraction of sp³-hybridized carbons (Fsp3) is 0.654. The van der Waals surface area contributed by atoms with E-state index in [0.29, 0.717) is 45.4 Å². The van der Waals surface area contributed by atoms with E-state index in [-0.39, 0.29) is 23.4 Å². The first-order chi connectivity index (χ1) is 16.3. The van der Waals surface area contributed by atoms with Gasteiger partial charge in [-0.3, -0.25) is 14.5 Å². The molecule has 3 heterocycles. The summed E-state index contributed by atoms with van der Waals surface area (Å²) in [6, 6.07) is 4.60. The van der Waals surface area contributed by atoms with E-state index in [1.165, 1.54) is 6.42 Å². The molecule has 0 bridgehead atoms. The van der Waals surface area contributed by atoms with Gasteiger partial charge in [0.1, 0.15) is 11.6 Å². The molecule has 0 N–H and O–H groups in total. The van der Waals surface area contributed by atoms with Crippen LogP contribution in [0.4, 0.5) is 0 Å². The molecule has 0 spiro atoms. The van der Waals surface area contributed by atoms with Crippen LogP contribution >= 0.6 is 0 Å². The van der Waals surface area contributed by atoms with Crippen LogP contribution in [0.2, 0.25) is 0 Å². The van der Waals surface area contributed by atoms with Gasteiger partial charge in [-0.1, -0.05) is 0 Å². The second-order valence-corrected chi connectivity index (χ2v) is 9.67. The maximum atomic E-state index is 13.1. The number of hydrogen-bond acceptors (Lipinski definition) is 5. The Morgan fingerprint density at radius 1 is 1.21 bits per heavy atom. The molecule has 1 aromatic rings. The highest BCUT2D eigenvalue weighted by Crippen LogP contribution is 2.23. The van der Waals surface area contributed by atoms with Crippen LogP contribution in [-0.2, 0) is 14.3 Å². The number of piperidine rings is 1. The van der Waals surface area contributed by atoms with Crippen LogP contribution in [0.15, 0.2) is 11.6 Å². The fourth-order valence-corrected chi connectivity index (χ4v) is 5.27. The van der Waals surface area contributed by atoms with E-state index < -0.39 is 0 Å². The van der Waals surface area contributed by atoms with Crippen LogP contribution in [0, 0.1) is 25.2 Å². The Kier molecular flexibility index (Phi) is 8.92. The first-order valence-corrected chi connectivity index (χ1v) is 12.4. The summed E-state index contributed by atoms with van der Waals surface area (Å²) in [4.78, 5) is 31.7. The SMILES string of the molecule is COCC(C)n1c(C)cc(/C=C(/C#N)C(=O)N2CCN(CC(=O)N3CCCCC3C)CC2)c1C. The number of aromatic nitrogens is 1. The van der Waals surface area contributed by atoms with E-state index in [4.69, 9.17) is 4.74 Å². The van der Waals surface area contributed by atoms with Crippen molar-refractivity contribution in [3.05, 3.63) is 28.6 Å². The average molecular weight is 470 g/mol. The average Bonchev–Trinajstić information content (AvgIpc) is 3.10. The molecule has 8 heteroatoms. The molecule has 3 rings (SSSR count). The summed E-state index contributed by atoms with van der Waals surface area (Å²) in [5, 5.41) is 9.74. The van der Waals surface area contributed by atoms with Gasteiger partial charge in [-0.2, -0.15) is 5.26 Å². The van der Waals surface area contributed by atoms with E-state index in [2.05, 4.69) is 29.4 Å². The van der Waals surface area contributed by atoms with Gasteiger partial charge >= 0.3 is 0 Å². The minimum atomic E-state index is -0.243. The van der Waals surface area contributed by atoms with E-state index in [9.17, 15) is 14.9 Å². The number of nitriles is 1. The summed E-state index contributed by atoms with van der Waals surface area (Å²) in [6.45, 7) is 12.4. The second kappa shape index (κ2) is 11.7. The molecule has 2 unspecified atom stereocenters. The normalized spacial score (nSPS) is 20.8. The van der Waals surface area contributed by atoms with E-state index >= 15 is 0 Å². The highest BCUT2D eigenvalue weighted by Gasteiger charge is 2.28. The number of piperazine rings is 1. The van der Waals surface area contributed by atoms with Gasteiger partial charge in [0.2, 0.25) is 5.91 Å². The first-order valence-electron chi connectivity index (χ1n) is 12.4. The molecule has 186 valence electrons. The minimum absolute atomic E-state index is 0.145. The molecule has 2 aliphatic heterocycles. The molecule has 2 atom stereocenters. The Labute approximate surface area is 203 Å². The fourth-order valence-electron chi connectivity index (χ4n) is 5.27. The van der Waals surface area contributed by atoms with Gasteiger partial charge in [-0.25, -0.2) is 0 Å². The maximum Gasteiger partial charge on any atom is 0.264 e. The van der Waals surface area contributed by atoms with Crippen LogP contribution in [-0.4, -0.2) is 90.1 Å². The van der Waals surface area contributed by atoms with Crippen molar-refractivity contribution in [3.63, 3.8) is 0 Å². The van der Waals surface area contributed by atoms with E-state index in [0.717, 1.165) is 36.3 Å². The maximum absolute atomic E-state index is 13.1. The highest BCUT2D eigenvalue weighted by atomic mass is 16.5. The zero-order chi connectivity index (χ0) is 24.8. The topological polar surface area (TPSA) is 81.8 Å². The summed E-state index contributed by atoms with van der Waals surface area (Å²) in [5.41, 5.74) is 3.11. The largest absolute Gasteiger partial charge is 0.383 e. The lowest BCUT2D eigenvalue weighted by Crippen LogP contribution is -2.53. The monoisotopic (exact) mass is 469 g/mol. The van der Waals surface area contributed by atoms with Crippen molar-refractivity contribution in [2.45, 2.75) is 59.0 Å². The smallest absolute Gasteiger partial charge is 0.264 e.